The molecule has 24 heavy (non-hydrogen) atoms. The first-order valence-electron chi connectivity index (χ1n) is 8.25. The van der Waals surface area contributed by atoms with Crippen LogP contribution in [0.5, 0.6) is 0 Å². The van der Waals surface area contributed by atoms with Gasteiger partial charge < -0.3 is 14.9 Å². The molecule has 0 atom stereocenters. The second-order valence-electron chi connectivity index (χ2n) is 6.37. The van der Waals surface area contributed by atoms with Gasteiger partial charge in [-0.05, 0) is 30.2 Å². The first-order chi connectivity index (χ1) is 11.8. The van der Waals surface area contributed by atoms with Crippen molar-refractivity contribution in [2.45, 2.75) is 13.0 Å². The topological polar surface area (TPSA) is 51.9 Å². The van der Waals surface area contributed by atoms with Gasteiger partial charge in [0, 0.05) is 34.0 Å². The number of rotatable bonds is 1. The number of amides is 1. The van der Waals surface area contributed by atoms with Crippen molar-refractivity contribution in [3.05, 3.63) is 71.5 Å². The maximum atomic E-state index is 12.9. The van der Waals surface area contributed by atoms with Gasteiger partial charge in [0.25, 0.3) is 5.91 Å². The number of nitrogens with zero attached hydrogens (tertiary/aromatic N) is 1. The van der Waals surface area contributed by atoms with E-state index in [0.717, 1.165) is 35.1 Å². The maximum absolute atomic E-state index is 12.9. The van der Waals surface area contributed by atoms with Crippen LogP contribution < -0.4 is 0 Å². The summed E-state index contributed by atoms with van der Waals surface area (Å²) in [5, 5.41) is 2.36. The van der Waals surface area contributed by atoms with Crippen LogP contribution in [-0.4, -0.2) is 27.3 Å². The molecule has 3 heterocycles. The molecular weight excluding hydrogens is 298 g/mol. The Kier molecular flexibility index (Phi) is 2.80. The number of benzene rings is 2. The molecule has 2 aromatic carbocycles. The number of fused-ring (bicyclic) bond motifs is 4. The van der Waals surface area contributed by atoms with Crippen LogP contribution in [0, 0.1) is 0 Å². The van der Waals surface area contributed by atoms with Gasteiger partial charge in [0.05, 0.1) is 6.54 Å². The van der Waals surface area contributed by atoms with Crippen LogP contribution >= 0.6 is 0 Å². The zero-order valence-electron chi connectivity index (χ0n) is 13.2. The fourth-order valence-corrected chi connectivity index (χ4v) is 3.73. The van der Waals surface area contributed by atoms with E-state index in [-0.39, 0.29) is 5.91 Å². The smallest absolute Gasteiger partial charge is 0.270 e. The Morgan fingerprint density at radius 1 is 0.958 bits per heavy atom. The molecule has 2 aromatic heterocycles. The lowest BCUT2D eigenvalue weighted by Gasteiger charge is -2.26. The van der Waals surface area contributed by atoms with Crippen LogP contribution in [0.25, 0.3) is 21.8 Å². The number of aromatic nitrogens is 2. The number of H-pyrrole nitrogens is 2. The van der Waals surface area contributed by atoms with E-state index in [2.05, 4.69) is 28.2 Å². The van der Waals surface area contributed by atoms with Crippen LogP contribution in [-0.2, 0) is 13.0 Å². The molecule has 0 saturated carbocycles. The Balaban J connectivity index is 1.48. The van der Waals surface area contributed by atoms with E-state index in [0.29, 0.717) is 12.2 Å². The maximum Gasteiger partial charge on any atom is 0.270 e. The second kappa shape index (κ2) is 4.99. The molecule has 118 valence electrons. The van der Waals surface area contributed by atoms with Gasteiger partial charge in [-0.2, -0.15) is 0 Å². The molecule has 5 rings (SSSR count). The normalized spacial score (nSPS) is 14.2. The van der Waals surface area contributed by atoms with Crippen molar-refractivity contribution in [3.8, 4) is 0 Å². The Morgan fingerprint density at radius 3 is 2.62 bits per heavy atom. The number of carbonyl (C=O) groups excluding carboxylic acids is 1. The van der Waals surface area contributed by atoms with Gasteiger partial charge in [0.2, 0.25) is 0 Å². The molecule has 0 radical (unpaired) electrons. The monoisotopic (exact) mass is 315 g/mol. The molecule has 4 nitrogen and oxygen atoms in total. The van der Waals surface area contributed by atoms with Crippen LogP contribution in [0.15, 0.2) is 54.6 Å². The molecule has 1 aliphatic rings. The highest BCUT2D eigenvalue weighted by Gasteiger charge is 2.25. The molecule has 1 amide bonds. The van der Waals surface area contributed by atoms with E-state index in [1.54, 1.807) is 0 Å². The van der Waals surface area contributed by atoms with Crippen LogP contribution in [0.3, 0.4) is 0 Å². The zero-order chi connectivity index (χ0) is 16.1. The van der Waals surface area contributed by atoms with Crippen molar-refractivity contribution < 1.29 is 4.79 Å². The van der Waals surface area contributed by atoms with Crippen LogP contribution in [0.1, 0.15) is 21.7 Å². The summed E-state index contributed by atoms with van der Waals surface area (Å²) in [7, 11) is 0. The molecule has 0 unspecified atom stereocenters. The van der Waals surface area contributed by atoms with E-state index in [1.807, 2.05) is 41.3 Å². The third-order valence-corrected chi connectivity index (χ3v) is 4.93. The summed E-state index contributed by atoms with van der Waals surface area (Å²) < 4.78 is 0. The number of nitrogens with one attached hydrogen (secondary N) is 2. The molecular formula is C20H17N3O. The highest BCUT2D eigenvalue weighted by atomic mass is 16.2. The summed E-state index contributed by atoms with van der Waals surface area (Å²) in [5.41, 5.74) is 5.33. The average molecular weight is 315 g/mol. The first-order valence-corrected chi connectivity index (χ1v) is 8.25. The van der Waals surface area contributed by atoms with Gasteiger partial charge in [0.1, 0.15) is 5.69 Å². The molecule has 2 N–H and O–H groups in total. The van der Waals surface area contributed by atoms with Crippen molar-refractivity contribution in [1.82, 2.24) is 14.9 Å². The van der Waals surface area contributed by atoms with Crippen molar-refractivity contribution >= 4 is 27.7 Å². The average Bonchev–Trinajstić information content (AvgIpc) is 3.21. The lowest BCUT2D eigenvalue weighted by molar-refractivity contribution is 0.0728. The van der Waals surface area contributed by atoms with Crippen molar-refractivity contribution in [3.63, 3.8) is 0 Å². The second-order valence-corrected chi connectivity index (χ2v) is 6.37. The quantitative estimate of drug-likeness (QED) is 0.551. The Morgan fingerprint density at radius 2 is 1.75 bits per heavy atom. The SMILES string of the molecule is O=C(c1cc2ccccc2[nH]1)N1CCc2c([nH]c3ccccc23)C1. The fraction of sp³-hybridized carbons (Fsp3) is 0.150. The number of hydrogen-bond acceptors (Lipinski definition) is 1. The lowest BCUT2D eigenvalue weighted by Crippen LogP contribution is -2.36. The Bertz CT molecular complexity index is 1040. The summed E-state index contributed by atoms with van der Waals surface area (Å²) in [6.07, 6.45) is 0.894. The lowest BCUT2D eigenvalue weighted by atomic mass is 10.0. The summed E-state index contributed by atoms with van der Waals surface area (Å²) in [6, 6.07) is 18.3. The van der Waals surface area contributed by atoms with E-state index >= 15 is 0 Å². The van der Waals surface area contributed by atoms with Gasteiger partial charge in [-0.1, -0.05) is 36.4 Å². The predicted octanol–water partition coefficient (Wildman–Crippen LogP) is 3.85. The summed E-state index contributed by atoms with van der Waals surface area (Å²) in [6.45, 7) is 1.39. The van der Waals surface area contributed by atoms with Gasteiger partial charge in [-0.3, -0.25) is 4.79 Å². The minimum absolute atomic E-state index is 0.0653. The summed E-state index contributed by atoms with van der Waals surface area (Å²) in [5.74, 6) is 0.0653. The predicted molar refractivity (Wildman–Crippen MR) is 95.0 cm³/mol. The van der Waals surface area contributed by atoms with Gasteiger partial charge in [0.15, 0.2) is 0 Å². The van der Waals surface area contributed by atoms with Crippen LogP contribution in [0.2, 0.25) is 0 Å². The molecule has 0 fully saturated rings. The van der Waals surface area contributed by atoms with E-state index in [9.17, 15) is 4.79 Å². The summed E-state index contributed by atoms with van der Waals surface area (Å²) in [4.78, 5) is 21.5. The Labute approximate surface area is 139 Å². The summed E-state index contributed by atoms with van der Waals surface area (Å²) >= 11 is 0. The minimum atomic E-state index is 0.0653. The van der Waals surface area contributed by atoms with E-state index in [4.69, 9.17) is 0 Å². The van der Waals surface area contributed by atoms with Crippen LogP contribution in [0.4, 0.5) is 0 Å². The third kappa shape index (κ3) is 1.96. The van der Waals surface area contributed by atoms with Crippen molar-refractivity contribution in [2.24, 2.45) is 0 Å². The molecule has 0 bridgehead atoms. The number of carbonyl (C=O) groups is 1. The molecule has 1 aliphatic heterocycles. The standard InChI is InChI=1S/C20H17N3O/c24-20(18-11-13-5-1-3-7-16(13)21-18)23-10-9-15-14-6-2-4-8-17(14)22-19(15)12-23/h1-8,11,21-22H,9-10,12H2. The minimum Gasteiger partial charge on any atom is -0.357 e. The van der Waals surface area contributed by atoms with E-state index in [1.165, 1.54) is 10.9 Å². The van der Waals surface area contributed by atoms with Gasteiger partial charge >= 0.3 is 0 Å². The Hall–Kier alpha value is -3.01. The number of hydrogen-bond donors (Lipinski definition) is 2. The third-order valence-electron chi connectivity index (χ3n) is 4.93. The van der Waals surface area contributed by atoms with Gasteiger partial charge in [-0.25, -0.2) is 0 Å². The molecule has 0 saturated heterocycles. The van der Waals surface area contributed by atoms with Crippen molar-refractivity contribution in [2.75, 3.05) is 6.54 Å². The molecule has 0 spiro atoms. The highest BCUT2D eigenvalue weighted by molar-refractivity contribution is 5.98. The van der Waals surface area contributed by atoms with Crippen molar-refractivity contribution in [1.29, 1.82) is 0 Å². The molecule has 4 heteroatoms. The first kappa shape index (κ1) is 13.4. The number of para-hydroxylation sites is 2. The van der Waals surface area contributed by atoms with E-state index < -0.39 is 0 Å². The zero-order valence-corrected chi connectivity index (χ0v) is 13.2. The molecule has 4 aromatic rings. The number of aromatic amines is 2. The fourth-order valence-electron chi connectivity index (χ4n) is 3.73. The largest absolute Gasteiger partial charge is 0.357 e. The van der Waals surface area contributed by atoms with Gasteiger partial charge in [-0.15, -0.1) is 0 Å². The highest BCUT2D eigenvalue weighted by Crippen LogP contribution is 2.28. The molecule has 0 aliphatic carbocycles.